The van der Waals surface area contributed by atoms with Gasteiger partial charge in [-0.25, -0.2) is 0 Å². The number of ether oxygens (including phenoxy) is 1. The van der Waals surface area contributed by atoms with Crippen molar-refractivity contribution in [2.24, 2.45) is 7.05 Å². The molecule has 136 valence electrons. The smallest absolute Gasteiger partial charge is 0.202 e. The summed E-state index contributed by atoms with van der Waals surface area (Å²) in [5.74, 6) is 0.480. The number of para-hydroxylation sites is 1. The lowest BCUT2D eigenvalue weighted by Gasteiger charge is -2.09. The van der Waals surface area contributed by atoms with Gasteiger partial charge in [-0.2, -0.15) is 5.26 Å². The van der Waals surface area contributed by atoms with E-state index < -0.39 is 0 Å². The first kappa shape index (κ1) is 17.6. The number of nitriles is 1. The van der Waals surface area contributed by atoms with Gasteiger partial charge in [-0.15, -0.1) is 0 Å². The Kier molecular flexibility index (Phi) is 4.65. The average molecular weight is 366 g/mol. The van der Waals surface area contributed by atoms with Crippen molar-refractivity contribution in [3.8, 4) is 23.1 Å². The van der Waals surface area contributed by atoms with Crippen molar-refractivity contribution in [1.29, 1.82) is 5.26 Å². The second-order valence-corrected chi connectivity index (χ2v) is 6.51. The first-order valence-corrected chi connectivity index (χ1v) is 8.98. The Morgan fingerprint density at radius 3 is 2.36 bits per heavy atom. The lowest BCUT2D eigenvalue weighted by molar-refractivity contribution is 0.0923. The summed E-state index contributed by atoms with van der Waals surface area (Å²) in [5.41, 5.74) is 4.10. The first-order chi connectivity index (χ1) is 13.7. The molecule has 0 saturated carbocycles. The monoisotopic (exact) mass is 366 g/mol. The Hall–Kier alpha value is -3.84. The van der Waals surface area contributed by atoms with Crippen LogP contribution in [0.25, 0.3) is 22.2 Å². The molecule has 4 nitrogen and oxygen atoms in total. The number of hydrogen-bond donors (Lipinski definition) is 0. The van der Waals surface area contributed by atoms with E-state index in [1.165, 1.54) is 0 Å². The van der Waals surface area contributed by atoms with Crippen molar-refractivity contribution in [1.82, 2.24) is 4.57 Å². The van der Waals surface area contributed by atoms with Gasteiger partial charge in [0.1, 0.15) is 5.75 Å². The molecule has 4 aromatic rings. The predicted molar refractivity (Wildman–Crippen MR) is 109 cm³/mol. The highest BCUT2D eigenvalue weighted by molar-refractivity contribution is 6.14. The van der Waals surface area contributed by atoms with E-state index >= 15 is 0 Å². The Morgan fingerprint density at radius 1 is 0.964 bits per heavy atom. The molecule has 0 fully saturated rings. The number of rotatable bonds is 5. The van der Waals surface area contributed by atoms with E-state index in [4.69, 9.17) is 10.00 Å². The Bertz CT molecular complexity index is 1180. The summed E-state index contributed by atoms with van der Waals surface area (Å²) in [5, 5.41) is 9.80. The number of carbonyl (C=O) groups excluding carboxylic acids is 1. The van der Waals surface area contributed by atoms with Gasteiger partial charge in [-0.05, 0) is 35.9 Å². The summed E-state index contributed by atoms with van der Waals surface area (Å²) in [6.45, 7) is -0.0697. The Morgan fingerprint density at radius 2 is 1.64 bits per heavy atom. The minimum Gasteiger partial charge on any atom is -0.485 e. The molecule has 1 aromatic heterocycles. The van der Waals surface area contributed by atoms with Crippen molar-refractivity contribution < 1.29 is 9.53 Å². The second-order valence-electron chi connectivity index (χ2n) is 6.51. The number of ketones is 1. The molecule has 3 aromatic carbocycles. The number of carbonyl (C=O) groups is 1. The summed E-state index contributed by atoms with van der Waals surface area (Å²) < 4.78 is 7.76. The van der Waals surface area contributed by atoms with E-state index in [1.807, 2.05) is 61.6 Å². The third kappa shape index (κ3) is 3.15. The molecule has 0 amide bonds. The van der Waals surface area contributed by atoms with Crippen molar-refractivity contribution in [2.75, 3.05) is 6.61 Å². The van der Waals surface area contributed by atoms with Gasteiger partial charge >= 0.3 is 0 Å². The standard InChI is InChI=1S/C24H18N2O2/c1-26-21-10-6-5-9-20(21)23(24(26)18-7-3-2-4-8-18)22(27)16-28-19-13-11-17(15-25)12-14-19/h2-14H,16H2,1H3. The molecule has 0 N–H and O–H groups in total. The zero-order chi connectivity index (χ0) is 19.5. The zero-order valence-electron chi connectivity index (χ0n) is 15.4. The summed E-state index contributed by atoms with van der Waals surface area (Å²) in [7, 11) is 1.98. The van der Waals surface area contributed by atoms with E-state index in [1.54, 1.807) is 24.3 Å². The second kappa shape index (κ2) is 7.42. The van der Waals surface area contributed by atoms with Crippen LogP contribution in [0.2, 0.25) is 0 Å². The fourth-order valence-electron chi connectivity index (χ4n) is 3.46. The van der Waals surface area contributed by atoms with E-state index in [9.17, 15) is 4.79 Å². The van der Waals surface area contributed by atoms with Crippen molar-refractivity contribution in [3.05, 3.63) is 90.0 Å². The quantitative estimate of drug-likeness (QED) is 0.468. The molecule has 0 unspecified atom stereocenters. The van der Waals surface area contributed by atoms with E-state index in [2.05, 4.69) is 10.6 Å². The lowest BCUT2D eigenvalue weighted by Crippen LogP contribution is -2.12. The van der Waals surface area contributed by atoms with E-state index in [-0.39, 0.29) is 12.4 Å². The summed E-state index contributed by atoms with van der Waals surface area (Å²) in [4.78, 5) is 13.2. The zero-order valence-corrected chi connectivity index (χ0v) is 15.4. The van der Waals surface area contributed by atoms with E-state index in [0.717, 1.165) is 22.2 Å². The molecule has 0 aliphatic carbocycles. The first-order valence-electron chi connectivity index (χ1n) is 8.98. The van der Waals surface area contributed by atoms with Crippen LogP contribution in [0.5, 0.6) is 5.75 Å². The van der Waals surface area contributed by atoms with Crippen LogP contribution in [0, 0.1) is 11.3 Å². The normalized spacial score (nSPS) is 10.6. The van der Waals surface area contributed by atoms with Crippen molar-refractivity contribution >= 4 is 16.7 Å². The highest BCUT2D eigenvalue weighted by Gasteiger charge is 2.22. The van der Waals surface area contributed by atoms with Crippen LogP contribution in [0.15, 0.2) is 78.9 Å². The summed E-state index contributed by atoms with van der Waals surface area (Å²) in [6.07, 6.45) is 0. The highest BCUT2D eigenvalue weighted by Crippen LogP contribution is 2.33. The van der Waals surface area contributed by atoms with Crippen LogP contribution in [0.3, 0.4) is 0 Å². The van der Waals surface area contributed by atoms with Gasteiger partial charge in [0, 0.05) is 18.0 Å². The SMILES string of the molecule is Cn1c(-c2ccccc2)c(C(=O)COc2ccc(C#N)cc2)c2ccccc21. The van der Waals surface area contributed by atoms with Gasteiger partial charge in [0.2, 0.25) is 5.78 Å². The van der Waals surface area contributed by atoms with Gasteiger partial charge in [-0.3, -0.25) is 4.79 Å². The number of hydrogen-bond acceptors (Lipinski definition) is 3. The van der Waals surface area contributed by atoms with Gasteiger partial charge in [-0.1, -0.05) is 48.5 Å². The third-order valence-corrected chi connectivity index (χ3v) is 4.79. The molecule has 1 heterocycles. The fourth-order valence-corrected chi connectivity index (χ4v) is 3.46. The molecule has 28 heavy (non-hydrogen) atoms. The number of benzene rings is 3. The number of aromatic nitrogens is 1. The van der Waals surface area contributed by atoms with Crippen LogP contribution in [0.1, 0.15) is 15.9 Å². The summed E-state index contributed by atoms with van der Waals surface area (Å²) >= 11 is 0. The van der Waals surface area contributed by atoms with Crippen LogP contribution in [0.4, 0.5) is 0 Å². The van der Waals surface area contributed by atoms with Gasteiger partial charge in [0.25, 0.3) is 0 Å². The maximum absolute atomic E-state index is 13.2. The molecule has 0 aliphatic rings. The predicted octanol–water partition coefficient (Wildman–Crippen LogP) is 4.98. The molecule has 0 atom stereocenters. The van der Waals surface area contributed by atoms with Crippen LogP contribution < -0.4 is 4.74 Å². The number of Topliss-reactive ketones (excluding diaryl/α,β-unsaturated/α-hetero) is 1. The number of nitrogens with zero attached hydrogens (tertiary/aromatic N) is 2. The molecular formula is C24H18N2O2. The molecule has 0 bridgehead atoms. The minimum atomic E-state index is -0.0833. The average Bonchev–Trinajstić information content (AvgIpc) is 3.06. The van der Waals surface area contributed by atoms with Gasteiger partial charge in [0.15, 0.2) is 6.61 Å². The maximum atomic E-state index is 13.2. The molecule has 4 rings (SSSR count). The maximum Gasteiger partial charge on any atom is 0.202 e. The van der Waals surface area contributed by atoms with Gasteiger partial charge < -0.3 is 9.30 Å². The number of fused-ring (bicyclic) bond motifs is 1. The van der Waals surface area contributed by atoms with Crippen LogP contribution in [-0.2, 0) is 7.05 Å². The molecule has 0 spiro atoms. The lowest BCUT2D eigenvalue weighted by atomic mass is 10.0. The van der Waals surface area contributed by atoms with Crippen LogP contribution >= 0.6 is 0 Å². The molecular weight excluding hydrogens is 348 g/mol. The minimum absolute atomic E-state index is 0.0697. The van der Waals surface area contributed by atoms with Crippen molar-refractivity contribution in [2.45, 2.75) is 0 Å². The largest absolute Gasteiger partial charge is 0.485 e. The molecule has 0 saturated heterocycles. The molecule has 4 heteroatoms. The fraction of sp³-hybridized carbons (Fsp3) is 0.0833. The highest BCUT2D eigenvalue weighted by atomic mass is 16.5. The molecule has 0 aliphatic heterocycles. The summed E-state index contributed by atoms with van der Waals surface area (Å²) in [6, 6.07) is 26.6. The topological polar surface area (TPSA) is 55.0 Å². The van der Waals surface area contributed by atoms with Crippen LogP contribution in [-0.4, -0.2) is 17.0 Å². The van der Waals surface area contributed by atoms with E-state index in [0.29, 0.717) is 16.9 Å². The van der Waals surface area contributed by atoms with Crippen molar-refractivity contribution in [3.63, 3.8) is 0 Å². The number of aryl methyl sites for hydroxylation is 1. The Balaban J connectivity index is 1.72. The Labute approximate surface area is 163 Å². The molecule has 0 radical (unpaired) electrons. The third-order valence-electron chi connectivity index (χ3n) is 4.79. The van der Waals surface area contributed by atoms with Gasteiger partial charge in [0.05, 0.1) is 22.9 Å².